The van der Waals surface area contributed by atoms with Gasteiger partial charge >= 0.3 is 0 Å². The number of nitrogens with zero attached hydrogens (tertiary/aromatic N) is 2. The number of terminal acetylenes is 1. The summed E-state index contributed by atoms with van der Waals surface area (Å²) in [6.45, 7) is -0.0157. The van der Waals surface area contributed by atoms with Crippen LogP contribution in [0.2, 0.25) is 0 Å². The topological polar surface area (TPSA) is 103 Å². The van der Waals surface area contributed by atoms with Crippen LogP contribution >= 0.6 is 0 Å². The Balaban J connectivity index is 3.01. The third-order valence-corrected chi connectivity index (χ3v) is 1.45. The average Bonchev–Trinajstić information content (AvgIpc) is 2.25. The lowest BCUT2D eigenvalue weighted by molar-refractivity contribution is -0.384. The van der Waals surface area contributed by atoms with Crippen molar-refractivity contribution in [1.82, 2.24) is 4.98 Å². The smallest absolute Gasteiger partial charge is 0.278 e. The number of nitro groups is 1. The van der Waals surface area contributed by atoms with Gasteiger partial charge in [0.25, 0.3) is 5.69 Å². The molecule has 0 aliphatic heterocycles. The minimum atomic E-state index is -0.578. The number of rotatable bonds is 4. The van der Waals surface area contributed by atoms with Crippen molar-refractivity contribution in [3.05, 3.63) is 22.2 Å². The van der Waals surface area contributed by atoms with Crippen molar-refractivity contribution in [2.75, 3.05) is 12.0 Å². The number of nitrogens with two attached hydrogens (primary N) is 1. The molecular weight excluding hydrogens is 200 g/mol. The molecule has 0 aliphatic carbocycles. The molecule has 0 bridgehead atoms. The summed E-state index contributed by atoms with van der Waals surface area (Å²) in [6, 6.07) is 2.35. The molecule has 0 radical (unpaired) electrons. The highest BCUT2D eigenvalue weighted by molar-refractivity contribution is 5.47. The summed E-state index contributed by atoms with van der Waals surface area (Å²) in [4.78, 5) is 13.7. The van der Waals surface area contributed by atoms with Gasteiger partial charge in [-0.15, -0.1) is 6.42 Å². The van der Waals surface area contributed by atoms with E-state index in [1.165, 1.54) is 6.07 Å². The van der Waals surface area contributed by atoms with Gasteiger partial charge in [0.2, 0.25) is 5.88 Å². The van der Waals surface area contributed by atoms with E-state index in [9.17, 15) is 10.1 Å². The zero-order valence-corrected chi connectivity index (χ0v) is 7.64. The number of hydrogen-bond acceptors (Lipinski definition) is 6. The van der Waals surface area contributed by atoms with E-state index in [4.69, 9.17) is 17.0 Å². The van der Waals surface area contributed by atoms with E-state index >= 15 is 0 Å². The van der Waals surface area contributed by atoms with Crippen molar-refractivity contribution in [2.24, 2.45) is 5.84 Å². The van der Waals surface area contributed by atoms with Gasteiger partial charge in [-0.05, 0) is 0 Å². The first kappa shape index (κ1) is 10.7. The molecule has 1 aromatic heterocycles. The fraction of sp³-hybridized carbons (Fsp3) is 0.125. The number of aromatic nitrogens is 1. The van der Waals surface area contributed by atoms with E-state index in [0.29, 0.717) is 0 Å². The van der Waals surface area contributed by atoms with Crippen LogP contribution in [-0.2, 0) is 0 Å². The second-order valence-corrected chi connectivity index (χ2v) is 2.44. The summed E-state index contributed by atoms with van der Waals surface area (Å²) in [7, 11) is 0. The third-order valence-electron chi connectivity index (χ3n) is 1.45. The van der Waals surface area contributed by atoms with Crippen LogP contribution in [-0.4, -0.2) is 16.5 Å². The van der Waals surface area contributed by atoms with Crippen LogP contribution in [0.25, 0.3) is 0 Å². The molecule has 0 atom stereocenters. The summed E-state index contributed by atoms with van der Waals surface area (Å²) in [5.74, 6) is 7.49. The van der Waals surface area contributed by atoms with Crippen molar-refractivity contribution < 1.29 is 9.66 Å². The molecule has 0 saturated heterocycles. The van der Waals surface area contributed by atoms with E-state index in [2.05, 4.69) is 16.3 Å². The van der Waals surface area contributed by atoms with Gasteiger partial charge in [0.05, 0.1) is 17.1 Å². The molecular formula is C8H8N4O3. The SMILES string of the molecule is C#CCOc1cc([N+](=O)[O-])cc(NN)n1. The molecule has 0 amide bonds. The highest BCUT2D eigenvalue weighted by atomic mass is 16.6. The van der Waals surface area contributed by atoms with Crippen LogP contribution in [0.1, 0.15) is 0 Å². The Labute approximate surface area is 85.4 Å². The van der Waals surface area contributed by atoms with Crippen molar-refractivity contribution in [2.45, 2.75) is 0 Å². The normalized spacial score (nSPS) is 9.07. The maximum atomic E-state index is 10.5. The lowest BCUT2D eigenvalue weighted by atomic mass is 10.4. The van der Waals surface area contributed by atoms with Gasteiger partial charge in [0, 0.05) is 0 Å². The monoisotopic (exact) mass is 208 g/mol. The lowest BCUT2D eigenvalue weighted by Gasteiger charge is -2.03. The fourth-order valence-corrected chi connectivity index (χ4v) is 0.860. The highest BCUT2D eigenvalue weighted by Crippen LogP contribution is 2.21. The predicted molar refractivity (Wildman–Crippen MR) is 53.0 cm³/mol. The molecule has 1 rings (SSSR count). The van der Waals surface area contributed by atoms with E-state index in [-0.39, 0.29) is 24.0 Å². The first-order valence-corrected chi connectivity index (χ1v) is 3.86. The zero-order chi connectivity index (χ0) is 11.3. The van der Waals surface area contributed by atoms with Crippen LogP contribution in [0.4, 0.5) is 11.5 Å². The molecule has 1 aromatic rings. The molecule has 0 aliphatic rings. The maximum absolute atomic E-state index is 10.5. The van der Waals surface area contributed by atoms with Gasteiger partial charge in [-0.1, -0.05) is 5.92 Å². The van der Waals surface area contributed by atoms with E-state index in [1.807, 2.05) is 0 Å². The first-order valence-electron chi connectivity index (χ1n) is 3.86. The van der Waals surface area contributed by atoms with Crippen LogP contribution < -0.4 is 16.0 Å². The Morgan fingerprint density at radius 1 is 1.73 bits per heavy atom. The highest BCUT2D eigenvalue weighted by Gasteiger charge is 2.11. The van der Waals surface area contributed by atoms with Crippen LogP contribution in [0.15, 0.2) is 12.1 Å². The molecule has 7 nitrogen and oxygen atoms in total. The molecule has 0 spiro atoms. The van der Waals surface area contributed by atoms with Crippen molar-refractivity contribution in [3.8, 4) is 18.2 Å². The molecule has 1 heterocycles. The van der Waals surface area contributed by atoms with Gasteiger partial charge in [-0.3, -0.25) is 10.1 Å². The Bertz CT molecular complexity index is 413. The summed E-state index contributed by atoms with van der Waals surface area (Å²) < 4.78 is 4.94. The molecule has 78 valence electrons. The van der Waals surface area contributed by atoms with E-state index in [1.54, 1.807) is 0 Å². The van der Waals surface area contributed by atoms with Crippen molar-refractivity contribution in [1.29, 1.82) is 0 Å². The quantitative estimate of drug-likeness (QED) is 0.319. The minimum Gasteiger partial charge on any atom is -0.464 e. The molecule has 15 heavy (non-hydrogen) atoms. The molecule has 7 heteroatoms. The van der Waals surface area contributed by atoms with Gasteiger partial charge in [0.15, 0.2) is 12.4 Å². The van der Waals surface area contributed by atoms with Crippen molar-refractivity contribution >= 4 is 11.5 Å². The molecule has 0 aromatic carbocycles. The standard InChI is InChI=1S/C8H8N4O3/c1-2-3-15-8-5-6(12(13)14)4-7(10-8)11-9/h1,4-5H,3,9H2,(H,10,11). The van der Waals surface area contributed by atoms with Crippen LogP contribution in [0.3, 0.4) is 0 Å². The van der Waals surface area contributed by atoms with E-state index in [0.717, 1.165) is 6.07 Å². The number of nitrogen functional groups attached to an aromatic ring is 1. The number of hydrogen-bond donors (Lipinski definition) is 2. The first-order chi connectivity index (χ1) is 7.17. The van der Waals surface area contributed by atoms with Crippen LogP contribution in [0, 0.1) is 22.5 Å². The van der Waals surface area contributed by atoms with E-state index < -0.39 is 4.92 Å². The van der Waals surface area contributed by atoms with Gasteiger partial charge in [0.1, 0.15) is 0 Å². The van der Waals surface area contributed by atoms with Crippen LogP contribution in [0.5, 0.6) is 5.88 Å². The van der Waals surface area contributed by atoms with Gasteiger partial charge < -0.3 is 10.2 Å². The fourth-order valence-electron chi connectivity index (χ4n) is 0.860. The summed E-state index contributed by atoms with van der Waals surface area (Å²) >= 11 is 0. The predicted octanol–water partition coefficient (Wildman–Crippen LogP) is 0.287. The number of nitrogens with one attached hydrogen (secondary N) is 1. The molecule has 0 fully saturated rings. The summed E-state index contributed by atoms with van der Waals surface area (Å²) in [5.41, 5.74) is 2.02. The average molecular weight is 208 g/mol. The van der Waals surface area contributed by atoms with Gasteiger partial charge in [-0.2, -0.15) is 4.98 Å². The summed E-state index contributed by atoms with van der Waals surface area (Å²) in [6.07, 6.45) is 4.97. The Hall–Kier alpha value is -2.33. The number of ether oxygens (including phenoxy) is 1. The minimum absolute atomic E-state index is 0.0157. The largest absolute Gasteiger partial charge is 0.464 e. The van der Waals surface area contributed by atoms with Gasteiger partial charge in [-0.25, -0.2) is 5.84 Å². The molecule has 0 unspecified atom stereocenters. The second-order valence-electron chi connectivity index (χ2n) is 2.44. The zero-order valence-electron chi connectivity index (χ0n) is 7.64. The Kier molecular flexibility index (Phi) is 3.43. The maximum Gasteiger partial charge on any atom is 0.278 e. The molecule has 0 saturated carbocycles. The Morgan fingerprint density at radius 2 is 2.47 bits per heavy atom. The number of pyridine rings is 1. The summed E-state index contributed by atoms with van der Waals surface area (Å²) in [5, 5.41) is 10.5. The second kappa shape index (κ2) is 4.78. The lowest BCUT2D eigenvalue weighted by Crippen LogP contribution is -2.10. The number of anilines is 1. The number of hydrazine groups is 1. The van der Waals surface area contributed by atoms with Crippen molar-refractivity contribution in [3.63, 3.8) is 0 Å². The molecule has 3 N–H and O–H groups in total. The third kappa shape index (κ3) is 2.82. The Morgan fingerprint density at radius 3 is 3.00 bits per heavy atom.